The minimum atomic E-state index is -0.243. The van der Waals surface area contributed by atoms with Crippen LogP contribution in [0.5, 0.6) is 23.0 Å². The van der Waals surface area contributed by atoms with Crippen LogP contribution in [0.15, 0.2) is 42.5 Å². The third kappa shape index (κ3) is 3.18. The number of ether oxygens (including phenoxy) is 2. The molecule has 6 heteroatoms. The number of phenols is 2. The maximum absolute atomic E-state index is 10.1. The summed E-state index contributed by atoms with van der Waals surface area (Å²) in [6.07, 6.45) is -0.223. The monoisotopic (exact) mass is 316 g/mol. The first-order valence-corrected chi connectivity index (χ1v) is 7.42. The van der Waals surface area contributed by atoms with Gasteiger partial charge in [0, 0.05) is 11.6 Å². The van der Waals surface area contributed by atoms with Crippen LogP contribution in [0.4, 0.5) is 0 Å². The first-order chi connectivity index (χ1) is 11.1. The lowest BCUT2D eigenvalue weighted by Gasteiger charge is -2.23. The fourth-order valence-corrected chi connectivity index (χ4v) is 2.71. The molecule has 3 rings (SSSR count). The van der Waals surface area contributed by atoms with Gasteiger partial charge in [-0.2, -0.15) is 0 Å². The Bertz CT molecular complexity index is 675. The topological polar surface area (TPSA) is 83.0 Å². The summed E-state index contributed by atoms with van der Waals surface area (Å²) in [6.45, 7) is 2.00. The number of hydrazine groups is 1. The van der Waals surface area contributed by atoms with Gasteiger partial charge in [-0.25, -0.2) is 5.43 Å². The predicted octanol–water partition coefficient (Wildman–Crippen LogP) is 2.09. The van der Waals surface area contributed by atoms with Gasteiger partial charge in [0.05, 0.1) is 19.2 Å². The van der Waals surface area contributed by atoms with Crippen molar-refractivity contribution in [2.75, 3.05) is 7.11 Å². The number of rotatable bonds is 4. The van der Waals surface area contributed by atoms with E-state index in [4.69, 9.17) is 9.47 Å². The van der Waals surface area contributed by atoms with Gasteiger partial charge in [-0.3, -0.25) is 5.43 Å². The molecule has 1 aliphatic heterocycles. The summed E-state index contributed by atoms with van der Waals surface area (Å²) < 4.78 is 11.2. The van der Waals surface area contributed by atoms with Crippen LogP contribution in [0.3, 0.4) is 0 Å². The van der Waals surface area contributed by atoms with Crippen LogP contribution in [-0.2, 0) is 0 Å². The van der Waals surface area contributed by atoms with E-state index in [-0.39, 0.29) is 29.7 Å². The van der Waals surface area contributed by atoms with E-state index in [2.05, 4.69) is 10.9 Å². The van der Waals surface area contributed by atoms with Crippen LogP contribution >= 0.6 is 0 Å². The van der Waals surface area contributed by atoms with Gasteiger partial charge >= 0.3 is 0 Å². The van der Waals surface area contributed by atoms with Gasteiger partial charge in [0.1, 0.15) is 29.1 Å². The largest absolute Gasteiger partial charge is 0.508 e. The average molecular weight is 316 g/mol. The molecule has 122 valence electrons. The molecule has 3 unspecified atom stereocenters. The summed E-state index contributed by atoms with van der Waals surface area (Å²) in [7, 11) is 1.62. The van der Waals surface area contributed by atoms with Crippen molar-refractivity contribution in [3.8, 4) is 23.0 Å². The summed E-state index contributed by atoms with van der Waals surface area (Å²) >= 11 is 0. The number of nitrogens with one attached hydrogen (secondary N) is 2. The second-order valence-corrected chi connectivity index (χ2v) is 5.56. The molecule has 6 nitrogen and oxygen atoms in total. The zero-order valence-electron chi connectivity index (χ0n) is 13.0. The van der Waals surface area contributed by atoms with E-state index < -0.39 is 0 Å². The predicted molar refractivity (Wildman–Crippen MR) is 85.7 cm³/mol. The van der Waals surface area contributed by atoms with Crippen LogP contribution in [0.1, 0.15) is 18.5 Å². The molecule has 4 N–H and O–H groups in total. The number of hydrogen-bond donors (Lipinski definition) is 4. The second-order valence-electron chi connectivity index (χ2n) is 5.56. The Balaban J connectivity index is 1.83. The molecule has 2 aromatic rings. The summed E-state index contributed by atoms with van der Waals surface area (Å²) in [5.41, 5.74) is 6.93. The number of benzene rings is 2. The number of methoxy groups -OCH3 is 1. The third-order valence-corrected chi connectivity index (χ3v) is 3.97. The molecule has 0 spiro atoms. The molecule has 0 radical (unpaired) electrons. The zero-order chi connectivity index (χ0) is 16.4. The number of aromatic hydroxyl groups is 2. The molecule has 0 aromatic heterocycles. The molecular formula is C17H20N2O4. The average Bonchev–Trinajstić information content (AvgIpc) is 2.89. The molecule has 0 aliphatic carbocycles. The third-order valence-electron chi connectivity index (χ3n) is 3.97. The highest BCUT2D eigenvalue weighted by Crippen LogP contribution is 2.34. The van der Waals surface area contributed by atoms with E-state index in [1.54, 1.807) is 19.2 Å². The van der Waals surface area contributed by atoms with Crippen LogP contribution in [0, 0.1) is 0 Å². The molecule has 0 saturated carbocycles. The normalized spacial score (nSPS) is 23.7. The van der Waals surface area contributed by atoms with Crippen LogP contribution in [0.2, 0.25) is 0 Å². The van der Waals surface area contributed by atoms with Gasteiger partial charge in [0.25, 0.3) is 0 Å². The highest BCUT2D eigenvalue weighted by atomic mass is 16.5. The molecule has 1 saturated heterocycles. The van der Waals surface area contributed by atoms with Crippen molar-refractivity contribution in [3.63, 3.8) is 0 Å². The molecule has 0 amide bonds. The molecule has 0 bridgehead atoms. The molecule has 1 fully saturated rings. The zero-order valence-corrected chi connectivity index (χ0v) is 13.0. The Morgan fingerprint density at radius 3 is 2.30 bits per heavy atom. The lowest BCUT2D eigenvalue weighted by Crippen LogP contribution is -2.33. The minimum absolute atomic E-state index is 0.0258. The smallest absolute Gasteiger partial charge is 0.136 e. The van der Waals surface area contributed by atoms with Gasteiger partial charge in [0.15, 0.2) is 0 Å². The Hall–Kier alpha value is -2.44. The van der Waals surface area contributed by atoms with E-state index in [1.807, 2.05) is 31.2 Å². The number of phenolic OH excluding ortho intramolecular Hbond substituents is 2. The van der Waals surface area contributed by atoms with Crippen molar-refractivity contribution >= 4 is 0 Å². The number of hydrogen-bond acceptors (Lipinski definition) is 6. The van der Waals surface area contributed by atoms with E-state index in [0.717, 1.165) is 11.5 Å². The van der Waals surface area contributed by atoms with Crippen molar-refractivity contribution in [3.05, 3.63) is 48.0 Å². The first kappa shape index (κ1) is 15.5. The van der Waals surface area contributed by atoms with Crippen LogP contribution in [-0.4, -0.2) is 29.5 Å². The summed E-state index contributed by atoms with van der Waals surface area (Å²) in [5.74, 6) is 1.54. The lowest BCUT2D eigenvalue weighted by atomic mass is 9.98. The van der Waals surface area contributed by atoms with Crippen LogP contribution < -0.4 is 20.3 Å². The summed E-state index contributed by atoms with van der Waals surface area (Å²) in [4.78, 5) is 0. The first-order valence-electron chi connectivity index (χ1n) is 7.42. The summed E-state index contributed by atoms with van der Waals surface area (Å²) in [6, 6.07) is 11.7. The Morgan fingerprint density at radius 1 is 0.957 bits per heavy atom. The molecule has 1 heterocycles. The molecule has 23 heavy (non-hydrogen) atoms. The van der Waals surface area contributed by atoms with Crippen molar-refractivity contribution in [1.82, 2.24) is 10.9 Å². The maximum atomic E-state index is 10.1. The van der Waals surface area contributed by atoms with E-state index in [1.165, 1.54) is 6.07 Å². The van der Waals surface area contributed by atoms with Crippen molar-refractivity contribution in [2.45, 2.75) is 25.1 Å². The van der Waals surface area contributed by atoms with Gasteiger partial charge in [-0.1, -0.05) is 0 Å². The molecule has 3 atom stereocenters. The minimum Gasteiger partial charge on any atom is -0.508 e. The molecular weight excluding hydrogens is 296 g/mol. The summed E-state index contributed by atoms with van der Waals surface area (Å²) in [5, 5.41) is 19.5. The van der Waals surface area contributed by atoms with E-state index >= 15 is 0 Å². The Labute approximate surface area is 134 Å². The highest BCUT2D eigenvalue weighted by molar-refractivity contribution is 5.42. The standard InChI is InChI=1S/C17H20N2O4/c1-10-17(23-13-6-4-12(22-2)5-7-13)16(19-18-10)14-8-3-11(20)9-15(14)21/h3-10,16-21H,1-2H3. The van der Waals surface area contributed by atoms with Crippen molar-refractivity contribution in [2.24, 2.45) is 0 Å². The second kappa shape index (κ2) is 6.36. The fourth-order valence-electron chi connectivity index (χ4n) is 2.71. The quantitative estimate of drug-likeness (QED) is 0.691. The SMILES string of the molecule is COc1ccc(OC2C(C)NNC2c2ccc(O)cc2O)cc1. The molecule has 2 aromatic carbocycles. The van der Waals surface area contributed by atoms with Crippen molar-refractivity contribution < 1.29 is 19.7 Å². The molecule has 1 aliphatic rings. The van der Waals surface area contributed by atoms with Gasteiger partial charge in [0.2, 0.25) is 0 Å². The van der Waals surface area contributed by atoms with Gasteiger partial charge in [-0.15, -0.1) is 0 Å². The Morgan fingerprint density at radius 2 is 1.65 bits per heavy atom. The fraction of sp³-hybridized carbons (Fsp3) is 0.294. The van der Waals surface area contributed by atoms with E-state index in [0.29, 0.717) is 5.56 Å². The maximum Gasteiger partial charge on any atom is 0.136 e. The van der Waals surface area contributed by atoms with Gasteiger partial charge in [-0.05, 0) is 43.3 Å². The van der Waals surface area contributed by atoms with E-state index in [9.17, 15) is 10.2 Å². The Kier molecular flexibility index (Phi) is 4.27. The van der Waals surface area contributed by atoms with Crippen molar-refractivity contribution in [1.29, 1.82) is 0 Å². The van der Waals surface area contributed by atoms with Gasteiger partial charge < -0.3 is 19.7 Å². The van der Waals surface area contributed by atoms with Crippen LogP contribution in [0.25, 0.3) is 0 Å². The lowest BCUT2D eigenvalue weighted by molar-refractivity contribution is 0.170. The highest BCUT2D eigenvalue weighted by Gasteiger charge is 2.37.